The fourth-order valence-corrected chi connectivity index (χ4v) is 6.50. The van der Waals surface area contributed by atoms with Gasteiger partial charge in [-0.1, -0.05) is 31.0 Å². The van der Waals surface area contributed by atoms with Gasteiger partial charge >= 0.3 is 5.97 Å². The maximum Gasteiger partial charge on any atom is 0.339 e. The van der Waals surface area contributed by atoms with Gasteiger partial charge in [-0.05, 0) is 102 Å². The third kappa shape index (κ3) is 4.20. The van der Waals surface area contributed by atoms with Crippen molar-refractivity contribution in [1.82, 2.24) is 0 Å². The summed E-state index contributed by atoms with van der Waals surface area (Å²) >= 11 is 0. The number of rotatable bonds is 6. The average molecular weight is 497 g/mol. The van der Waals surface area contributed by atoms with E-state index in [0.717, 1.165) is 56.7 Å². The maximum absolute atomic E-state index is 13.3. The Labute approximate surface area is 217 Å². The lowest BCUT2D eigenvalue weighted by molar-refractivity contribution is 0.0693. The van der Waals surface area contributed by atoms with E-state index in [1.165, 1.54) is 25.7 Å². The molecule has 1 N–H and O–H groups in total. The lowest BCUT2D eigenvalue weighted by Crippen LogP contribution is -2.18. The zero-order valence-corrected chi connectivity index (χ0v) is 21.4. The van der Waals surface area contributed by atoms with Crippen molar-refractivity contribution in [3.8, 4) is 22.6 Å². The molecule has 2 aliphatic carbocycles. The van der Waals surface area contributed by atoms with Gasteiger partial charge in [0.2, 0.25) is 0 Å². The molecular weight excluding hydrogens is 464 g/mol. The van der Waals surface area contributed by atoms with Gasteiger partial charge in [-0.3, -0.25) is 4.79 Å². The summed E-state index contributed by atoms with van der Waals surface area (Å²) in [4.78, 5) is 25.1. The molecule has 0 bridgehead atoms. The van der Waals surface area contributed by atoms with Crippen molar-refractivity contribution < 1.29 is 24.2 Å². The Morgan fingerprint density at radius 3 is 2.62 bits per heavy atom. The SMILES string of the molecule is Cc1c(OCc2cccc(-c3cc4c(c(C(=O)O)c3)OCC4)c2)cc2c(c1C)C(=O)C(C1CCCC1)C2. The van der Waals surface area contributed by atoms with Crippen molar-refractivity contribution in [3.63, 3.8) is 0 Å². The fraction of sp³-hybridized carbons (Fsp3) is 0.375. The normalized spacial score (nSPS) is 18.5. The Morgan fingerprint density at radius 2 is 1.84 bits per heavy atom. The number of fused-ring (bicyclic) bond motifs is 2. The number of hydrogen-bond donors (Lipinski definition) is 1. The van der Waals surface area contributed by atoms with Gasteiger partial charge in [-0.2, -0.15) is 0 Å². The predicted octanol–water partition coefficient (Wildman–Crippen LogP) is 6.73. The number of ether oxygens (including phenoxy) is 2. The molecular formula is C32H32O5. The summed E-state index contributed by atoms with van der Waals surface area (Å²) in [6.07, 6.45) is 6.38. The molecule has 0 saturated heterocycles. The quantitative estimate of drug-likeness (QED) is 0.410. The molecule has 6 rings (SSSR count). The second kappa shape index (κ2) is 9.37. The first-order chi connectivity index (χ1) is 17.9. The minimum atomic E-state index is -0.976. The molecule has 3 aliphatic rings. The monoisotopic (exact) mass is 496 g/mol. The summed E-state index contributed by atoms with van der Waals surface area (Å²) in [7, 11) is 0. The molecule has 0 radical (unpaired) electrons. The van der Waals surface area contributed by atoms with Gasteiger partial charge in [0, 0.05) is 17.9 Å². The summed E-state index contributed by atoms with van der Waals surface area (Å²) in [5.41, 5.74) is 8.10. The minimum Gasteiger partial charge on any atom is -0.492 e. The van der Waals surface area contributed by atoms with Crippen LogP contribution in [0.4, 0.5) is 0 Å². The van der Waals surface area contributed by atoms with Gasteiger partial charge in [0.05, 0.1) is 6.61 Å². The Hall–Kier alpha value is -3.60. The van der Waals surface area contributed by atoms with E-state index in [2.05, 4.69) is 12.1 Å². The molecule has 0 spiro atoms. The highest BCUT2D eigenvalue weighted by Gasteiger charge is 2.39. The van der Waals surface area contributed by atoms with Crippen molar-refractivity contribution in [1.29, 1.82) is 0 Å². The predicted molar refractivity (Wildman–Crippen MR) is 142 cm³/mol. The Kier molecular flexibility index (Phi) is 6.02. The molecule has 5 heteroatoms. The van der Waals surface area contributed by atoms with Crippen molar-refractivity contribution in [2.75, 3.05) is 6.61 Å². The number of benzene rings is 3. The number of carboxylic acids is 1. The Bertz CT molecular complexity index is 1410. The van der Waals surface area contributed by atoms with Crippen LogP contribution in [0.3, 0.4) is 0 Å². The first-order valence-corrected chi connectivity index (χ1v) is 13.3. The van der Waals surface area contributed by atoms with Gasteiger partial charge in [0.25, 0.3) is 0 Å². The number of carbonyl (C=O) groups is 2. The van der Waals surface area contributed by atoms with Crippen LogP contribution in [0, 0.1) is 25.7 Å². The lowest BCUT2D eigenvalue weighted by Gasteiger charge is -2.16. The molecule has 37 heavy (non-hydrogen) atoms. The number of ketones is 1. The average Bonchev–Trinajstić information content (AvgIpc) is 3.65. The van der Waals surface area contributed by atoms with Crippen molar-refractivity contribution in [3.05, 3.63) is 81.4 Å². The Balaban J connectivity index is 1.24. The third-order valence-electron chi connectivity index (χ3n) is 8.59. The van der Waals surface area contributed by atoms with Gasteiger partial charge in [0.1, 0.15) is 23.7 Å². The highest BCUT2D eigenvalue weighted by atomic mass is 16.5. The number of carboxylic acid groups (broad SMARTS) is 1. The fourth-order valence-electron chi connectivity index (χ4n) is 6.50. The molecule has 5 nitrogen and oxygen atoms in total. The van der Waals surface area contributed by atoms with Crippen molar-refractivity contribution in [2.45, 2.75) is 59.0 Å². The zero-order valence-electron chi connectivity index (χ0n) is 21.4. The van der Waals surface area contributed by atoms with E-state index in [-0.39, 0.29) is 11.5 Å². The van der Waals surface area contributed by atoms with E-state index in [1.54, 1.807) is 6.07 Å². The first kappa shape index (κ1) is 23.8. The zero-order chi connectivity index (χ0) is 25.7. The highest BCUT2D eigenvalue weighted by molar-refractivity contribution is 6.04. The summed E-state index contributed by atoms with van der Waals surface area (Å²) in [6, 6.07) is 13.9. The summed E-state index contributed by atoms with van der Waals surface area (Å²) in [6.45, 7) is 5.00. The largest absolute Gasteiger partial charge is 0.492 e. The van der Waals surface area contributed by atoms with Crippen LogP contribution in [0.15, 0.2) is 42.5 Å². The molecule has 1 fully saturated rings. The lowest BCUT2D eigenvalue weighted by atomic mass is 9.87. The van der Waals surface area contributed by atoms with Crippen LogP contribution >= 0.6 is 0 Å². The van der Waals surface area contributed by atoms with Crippen LogP contribution in [0.25, 0.3) is 11.1 Å². The van der Waals surface area contributed by atoms with E-state index in [1.807, 2.05) is 38.1 Å². The van der Waals surface area contributed by atoms with E-state index < -0.39 is 5.97 Å². The molecule has 190 valence electrons. The van der Waals surface area contributed by atoms with E-state index in [9.17, 15) is 14.7 Å². The molecule has 1 unspecified atom stereocenters. The van der Waals surface area contributed by atoms with Crippen LogP contribution in [0.1, 0.15) is 74.2 Å². The van der Waals surface area contributed by atoms with Gasteiger partial charge in [-0.15, -0.1) is 0 Å². The van der Waals surface area contributed by atoms with Gasteiger partial charge in [-0.25, -0.2) is 4.79 Å². The molecule has 1 saturated carbocycles. The molecule has 1 aliphatic heterocycles. The smallest absolute Gasteiger partial charge is 0.339 e. The van der Waals surface area contributed by atoms with Gasteiger partial charge in [0.15, 0.2) is 5.78 Å². The summed E-state index contributed by atoms with van der Waals surface area (Å²) in [5.74, 6) is 1.35. The highest BCUT2D eigenvalue weighted by Crippen LogP contribution is 2.43. The molecule has 0 aromatic heterocycles. The molecule has 3 aromatic rings. The van der Waals surface area contributed by atoms with Crippen LogP contribution in [-0.2, 0) is 19.4 Å². The number of Topliss-reactive ketones (excluding diaryl/α,β-unsaturated/α-hetero) is 1. The van der Waals surface area contributed by atoms with E-state index >= 15 is 0 Å². The van der Waals surface area contributed by atoms with Crippen LogP contribution in [0.5, 0.6) is 11.5 Å². The molecule has 0 amide bonds. The summed E-state index contributed by atoms with van der Waals surface area (Å²) < 4.78 is 11.9. The standard InChI is InChI=1S/C32H32O5/c1-18-19(2)29-25(15-26(30(29)33)21-7-3-4-8-21)16-28(18)37-17-20-6-5-9-22(12-20)24-13-23-10-11-36-31(23)27(14-24)32(34)35/h5-6,9,12-14,16,21,26H,3-4,7-8,10-11,15,17H2,1-2H3,(H,34,35). The number of carbonyl (C=O) groups excluding carboxylic acids is 1. The van der Waals surface area contributed by atoms with E-state index in [0.29, 0.717) is 37.1 Å². The van der Waals surface area contributed by atoms with Crippen LogP contribution < -0.4 is 9.47 Å². The van der Waals surface area contributed by atoms with E-state index in [4.69, 9.17) is 9.47 Å². The van der Waals surface area contributed by atoms with Gasteiger partial charge < -0.3 is 14.6 Å². The van der Waals surface area contributed by atoms with Crippen LogP contribution in [0.2, 0.25) is 0 Å². The Morgan fingerprint density at radius 1 is 1.03 bits per heavy atom. The molecule has 1 heterocycles. The number of aromatic carboxylic acids is 1. The van der Waals surface area contributed by atoms with Crippen molar-refractivity contribution in [2.24, 2.45) is 11.8 Å². The third-order valence-corrected chi connectivity index (χ3v) is 8.59. The minimum absolute atomic E-state index is 0.135. The molecule has 3 aromatic carbocycles. The van der Waals surface area contributed by atoms with Crippen molar-refractivity contribution >= 4 is 11.8 Å². The molecule has 1 atom stereocenters. The summed E-state index contributed by atoms with van der Waals surface area (Å²) in [5, 5.41) is 9.67. The van der Waals surface area contributed by atoms with Crippen LogP contribution in [-0.4, -0.2) is 23.5 Å². The number of hydrogen-bond acceptors (Lipinski definition) is 4. The second-order valence-corrected chi connectivity index (χ2v) is 10.8. The first-order valence-electron chi connectivity index (χ1n) is 13.3. The second-order valence-electron chi connectivity index (χ2n) is 10.8. The topological polar surface area (TPSA) is 72.8 Å². The maximum atomic E-state index is 13.3.